The van der Waals surface area contributed by atoms with Gasteiger partial charge in [0.25, 0.3) is 0 Å². The van der Waals surface area contributed by atoms with Gasteiger partial charge in [-0.1, -0.05) is 6.07 Å². The van der Waals surface area contributed by atoms with Crippen LogP contribution in [0.5, 0.6) is 0 Å². The predicted octanol–water partition coefficient (Wildman–Crippen LogP) is 1.73. The largest absolute Gasteiger partial charge is 0.478 e. The van der Waals surface area contributed by atoms with E-state index in [1.54, 1.807) is 6.07 Å². The second kappa shape index (κ2) is 3.98. The second-order valence-electron chi connectivity index (χ2n) is 3.74. The fraction of sp³-hybridized carbons (Fsp3) is 0.364. The van der Waals surface area contributed by atoms with Crippen molar-refractivity contribution in [3.8, 4) is 0 Å². The summed E-state index contributed by atoms with van der Waals surface area (Å²) in [6, 6.07) is 4.08. The highest BCUT2D eigenvalue weighted by molar-refractivity contribution is 5.87. The predicted molar refractivity (Wildman–Crippen MR) is 53.3 cm³/mol. The summed E-state index contributed by atoms with van der Waals surface area (Å²) in [7, 11) is 0. The SMILES string of the molecule is O=C(O)c1ccc(CN2CCC2)c(F)c1. The molecule has 80 valence electrons. The molecule has 1 aliphatic rings. The Morgan fingerprint density at radius 2 is 2.20 bits per heavy atom. The van der Waals surface area contributed by atoms with Crippen molar-refractivity contribution in [2.24, 2.45) is 0 Å². The van der Waals surface area contributed by atoms with Crippen LogP contribution in [0.3, 0.4) is 0 Å². The maximum Gasteiger partial charge on any atom is 0.335 e. The van der Waals surface area contributed by atoms with Crippen LogP contribution in [0.2, 0.25) is 0 Å². The lowest BCUT2D eigenvalue weighted by Gasteiger charge is -2.30. The number of nitrogens with zero attached hydrogens (tertiary/aromatic N) is 1. The molecule has 1 N–H and O–H groups in total. The summed E-state index contributed by atoms with van der Waals surface area (Å²) in [5, 5.41) is 8.66. The van der Waals surface area contributed by atoms with Crippen LogP contribution in [0.25, 0.3) is 0 Å². The van der Waals surface area contributed by atoms with Crippen molar-refractivity contribution in [1.82, 2.24) is 4.90 Å². The van der Waals surface area contributed by atoms with E-state index >= 15 is 0 Å². The molecule has 2 rings (SSSR count). The standard InChI is InChI=1S/C11H12FNO2/c12-10-6-8(11(14)15)2-3-9(10)7-13-4-1-5-13/h2-3,6H,1,4-5,7H2,(H,14,15). The Morgan fingerprint density at radius 3 is 2.67 bits per heavy atom. The third-order valence-electron chi connectivity index (χ3n) is 2.64. The molecule has 0 amide bonds. The number of carbonyl (C=O) groups is 1. The first-order valence-electron chi connectivity index (χ1n) is 4.91. The third-order valence-corrected chi connectivity index (χ3v) is 2.64. The Labute approximate surface area is 87.1 Å². The van der Waals surface area contributed by atoms with Gasteiger partial charge < -0.3 is 5.11 Å². The van der Waals surface area contributed by atoms with Gasteiger partial charge in [0.2, 0.25) is 0 Å². The van der Waals surface area contributed by atoms with E-state index in [2.05, 4.69) is 4.90 Å². The molecule has 15 heavy (non-hydrogen) atoms. The summed E-state index contributed by atoms with van der Waals surface area (Å²) in [5.74, 6) is -1.52. The molecule has 1 aromatic rings. The Kier molecular flexibility index (Phi) is 2.68. The topological polar surface area (TPSA) is 40.5 Å². The van der Waals surface area contributed by atoms with Gasteiger partial charge in [-0.2, -0.15) is 0 Å². The van der Waals surface area contributed by atoms with E-state index in [4.69, 9.17) is 5.11 Å². The van der Waals surface area contributed by atoms with Crippen molar-refractivity contribution >= 4 is 5.97 Å². The number of benzene rings is 1. The van der Waals surface area contributed by atoms with Crippen LogP contribution in [0.4, 0.5) is 4.39 Å². The average molecular weight is 209 g/mol. The summed E-state index contributed by atoms with van der Waals surface area (Å²) in [4.78, 5) is 12.7. The first-order valence-corrected chi connectivity index (χ1v) is 4.91. The van der Waals surface area contributed by atoms with E-state index in [0.29, 0.717) is 12.1 Å². The Morgan fingerprint density at radius 1 is 1.47 bits per heavy atom. The van der Waals surface area contributed by atoms with E-state index in [0.717, 1.165) is 25.6 Å². The zero-order chi connectivity index (χ0) is 10.8. The number of halogens is 1. The fourth-order valence-electron chi connectivity index (χ4n) is 1.59. The molecule has 0 unspecified atom stereocenters. The molecule has 0 atom stereocenters. The molecule has 0 saturated carbocycles. The number of carboxylic acid groups (broad SMARTS) is 1. The smallest absolute Gasteiger partial charge is 0.335 e. The van der Waals surface area contributed by atoms with Crippen molar-refractivity contribution in [3.63, 3.8) is 0 Å². The van der Waals surface area contributed by atoms with Gasteiger partial charge in [0.1, 0.15) is 5.82 Å². The van der Waals surface area contributed by atoms with Crippen molar-refractivity contribution in [1.29, 1.82) is 0 Å². The molecule has 1 heterocycles. The van der Waals surface area contributed by atoms with Crippen LogP contribution >= 0.6 is 0 Å². The van der Waals surface area contributed by atoms with Gasteiger partial charge >= 0.3 is 5.97 Å². The lowest BCUT2D eigenvalue weighted by atomic mass is 10.1. The van der Waals surface area contributed by atoms with Gasteiger partial charge in [0.15, 0.2) is 0 Å². The first kappa shape index (κ1) is 10.1. The summed E-state index contributed by atoms with van der Waals surface area (Å²) in [6.07, 6.45) is 1.16. The van der Waals surface area contributed by atoms with Crippen LogP contribution < -0.4 is 0 Å². The monoisotopic (exact) mass is 209 g/mol. The minimum Gasteiger partial charge on any atom is -0.478 e. The molecular weight excluding hydrogens is 197 g/mol. The molecule has 4 heteroatoms. The lowest BCUT2D eigenvalue weighted by molar-refractivity contribution is 0.0696. The highest BCUT2D eigenvalue weighted by atomic mass is 19.1. The van der Waals surface area contributed by atoms with Crippen LogP contribution in [-0.2, 0) is 6.54 Å². The number of rotatable bonds is 3. The average Bonchev–Trinajstić information content (AvgIpc) is 2.12. The minimum atomic E-state index is -1.09. The van der Waals surface area contributed by atoms with E-state index in [9.17, 15) is 9.18 Å². The van der Waals surface area contributed by atoms with Crippen molar-refractivity contribution in [3.05, 3.63) is 35.1 Å². The Hall–Kier alpha value is -1.42. The Balaban J connectivity index is 2.14. The molecular formula is C11H12FNO2. The summed E-state index contributed by atoms with van der Waals surface area (Å²) >= 11 is 0. The third kappa shape index (κ3) is 2.15. The van der Waals surface area contributed by atoms with Crippen LogP contribution in [0.15, 0.2) is 18.2 Å². The quantitative estimate of drug-likeness (QED) is 0.824. The van der Waals surface area contributed by atoms with E-state index in [1.165, 1.54) is 6.07 Å². The summed E-state index contributed by atoms with van der Waals surface area (Å²) in [5.41, 5.74) is 0.569. The molecule has 1 saturated heterocycles. The number of aromatic carboxylic acids is 1. The maximum absolute atomic E-state index is 13.4. The van der Waals surface area contributed by atoms with Crippen molar-refractivity contribution in [2.45, 2.75) is 13.0 Å². The molecule has 1 fully saturated rings. The highest BCUT2D eigenvalue weighted by Gasteiger charge is 2.16. The van der Waals surface area contributed by atoms with Crippen LogP contribution in [0.1, 0.15) is 22.3 Å². The van der Waals surface area contributed by atoms with Crippen LogP contribution in [-0.4, -0.2) is 29.1 Å². The number of hydrogen-bond acceptors (Lipinski definition) is 2. The zero-order valence-corrected chi connectivity index (χ0v) is 8.24. The van der Waals surface area contributed by atoms with E-state index < -0.39 is 11.8 Å². The zero-order valence-electron chi connectivity index (χ0n) is 8.24. The van der Waals surface area contributed by atoms with Crippen LogP contribution in [0, 0.1) is 5.82 Å². The Bertz CT molecular complexity index is 388. The van der Waals surface area contributed by atoms with Gasteiger partial charge in [0, 0.05) is 12.1 Å². The second-order valence-corrected chi connectivity index (χ2v) is 3.74. The molecule has 1 aromatic carbocycles. The lowest BCUT2D eigenvalue weighted by Crippen LogP contribution is -2.36. The minimum absolute atomic E-state index is 0.000130. The summed E-state index contributed by atoms with van der Waals surface area (Å²) in [6.45, 7) is 2.58. The van der Waals surface area contributed by atoms with Gasteiger partial charge in [-0.15, -0.1) is 0 Å². The normalized spacial score (nSPS) is 16.1. The first-order chi connectivity index (χ1) is 7.16. The van der Waals surface area contributed by atoms with Gasteiger partial charge in [-0.05, 0) is 31.6 Å². The molecule has 0 bridgehead atoms. The van der Waals surface area contributed by atoms with E-state index in [1.807, 2.05) is 0 Å². The molecule has 0 aromatic heterocycles. The van der Waals surface area contributed by atoms with Gasteiger partial charge in [0.05, 0.1) is 5.56 Å². The number of carboxylic acids is 1. The molecule has 0 spiro atoms. The van der Waals surface area contributed by atoms with Crippen molar-refractivity contribution in [2.75, 3.05) is 13.1 Å². The highest BCUT2D eigenvalue weighted by Crippen LogP contribution is 2.16. The molecule has 0 aliphatic carbocycles. The fourth-order valence-corrected chi connectivity index (χ4v) is 1.59. The molecule has 1 aliphatic heterocycles. The van der Waals surface area contributed by atoms with Gasteiger partial charge in [-0.3, -0.25) is 4.90 Å². The molecule has 3 nitrogen and oxygen atoms in total. The maximum atomic E-state index is 13.4. The van der Waals surface area contributed by atoms with Crippen molar-refractivity contribution < 1.29 is 14.3 Å². The number of hydrogen-bond donors (Lipinski definition) is 1. The molecule has 0 radical (unpaired) electrons. The summed E-state index contributed by atoms with van der Waals surface area (Å²) < 4.78 is 13.4. The van der Waals surface area contributed by atoms with Gasteiger partial charge in [-0.25, -0.2) is 9.18 Å². The van der Waals surface area contributed by atoms with E-state index in [-0.39, 0.29) is 5.56 Å². The number of likely N-dealkylation sites (tertiary alicyclic amines) is 1.